The molecule has 0 aromatic heterocycles. The van der Waals surface area contributed by atoms with Crippen molar-refractivity contribution in [1.82, 2.24) is 0 Å². The molecule has 0 aliphatic rings. The largest absolute Gasteiger partial charge is 0.490 e. The van der Waals surface area contributed by atoms with E-state index in [2.05, 4.69) is 0 Å². The highest BCUT2D eigenvalue weighted by Gasteiger charge is 2.24. The van der Waals surface area contributed by atoms with Crippen LogP contribution in [0.1, 0.15) is 34.6 Å². The van der Waals surface area contributed by atoms with Gasteiger partial charge in [-0.1, -0.05) is 18.2 Å². The lowest BCUT2D eigenvalue weighted by molar-refractivity contribution is 0.0449. The summed E-state index contributed by atoms with van der Waals surface area (Å²) in [7, 11) is 0. The molecule has 0 aliphatic heterocycles. The van der Waals surface area contributed by atoms with Crippen LogP contribution in [-0.2, 0) is 4.74 Å². The van der Waals surface area contributed by atoms with E-state index >= 15 is 0 Å². The molecule has 2 rings (SSSR count). The van der Waals surface area contributed by atoms with Crippen molar-refractivity contribution < 1.29 is 24.2 Å². The third-order valence-electron chi connectivity index (χ3n) is 3.27. The van der Waals surface area contributed by atoms with Crippen LogP contribution in [0.3, 0.4) is 0 Å². The average Bonchev–Trinajstić information content (AvgIpc) is 2.58. The number of esters is 1. The first-order valence-electron chi connectivity index (χ1n) is 7.60. The molecule has 0 saturated carbocycles. The molecule has 0 unspecified atom stereocenters. The van der Waals surface area contributed by atoms with E-state index in [-0.39, 0.29) is 19.0 Å². The second kappa shape index (κ2) is 7.75. The number of ketones is 1. The van der Waals surface area contributed by atoms with Gasteiger partial charge in [0.25, 0.3) is 0 Å². The van der Waals surface area contributed by atoms with Gasteiger partial charge in [0.1, 0.15) is 24.6 Å². The summed E-state index contributed by atoms with van der Waals surface area (Å²) in [5.41, 5.74) is -0.508. The SMILES string of the molecule is CC(C)(O)C(=O)c1ccc(OCCOC(=O)c2ccccc2)cc1. The standard InChI is InChI=1S/C19H20O5/c1-19(2,22)17(20)14-8-10-16(11-9-14)23-12-13-24-18(21)15-6-4-3-5-7-15/h3-11,22H,12-13H2,1-2H3. The maximum absolute atomic E-state index is 11.9. The Hall–Kier alpha value is -2.66. The van der Waals surface area contributed by atoms with Crippen LogP contribution in [0.15, 0.2) is 54.6 Å². The van der Waals surface area contributed by atoms with Crippen LogP contribution < -0.4 is 4.74 Å². The minimum atomic E-state index is -1.41. The fraction of sp³-hybridized carbons (Fsp3) is 0.263. The summed E-state index contributed by atoms with van der Waals surface area (Å²) in [6.07, 6.45) is 0. The first kappa shape index (κ1) is 17.7. The second-order valence-corrected chi connectivity index (χ2v) is 5.76. The van der Waals surface area contributed by atoms with E-state index in [0.29, 0.717) is 16.9 Å². The molecule has 2 aromatic carbocycles. The number of benzene rings is 2. The summed E-state index contributed by atoms with van der Waals surface area (Å²) in [5.74, 6) is -0.200. The number of carbonyl (C=O) groups is 2. The van der Waals surface area contributed by atoms with E-state index in [1.807, 2.05) is 6.07 Å². The lowest BCUT2D eigenvalue weighted by Gasteiger charge is -2.15. The highest BCUT2D eigenvalue weighted by Crippen LogP contribution is 2.17. The molecule has 5 nitrogen and oxygen atoms in total. The molecule has 24 heavy (non-hydrogen) atoms. The Morgan fingerprint density at radius 3 is 2.12 bits per heavy atom. The third-order valence-corrected chi connectivity index (χ3v) is 3.27. The molecule has 0 aliphatic carbocycles. The van der Waals surface area contributed by atoms with Crippen molar-refractivity contribution in [1.29, 1.82) is 0 Å². The van der Waals surface area contributed by atoms with Gasteiger partial charge in [-0.3, -0.25) is 4.79 Å². The number of Topliss-reactive ketones (excluding diaryl/α,β-unsaturated/α-hetero) is 1. The zero-order chi connectivity index (χ0) is 17.6. The first-order valence-corrected chi connectivity index (χ1v) is 7.60. The van der Waals surface area contributed by atoms with Gasteiger partial charge in [-0.05, 0) is 50.2 Å². The van der Waals surface area contributed by atoms with Crippen molar-refractivity contribution in [3.05, 3.63) is 65.7 Å². The molecule has 0 saturated heterocycles. The van der Waals surface area contributed by atoms with Gasteiger partial charge in [-0.15, -0.1) is 0 Å². The summed E-state index contributed by atoms with van der Waals surface area (Å²) in [6.45, 7) is 3.22. The maximum atomic E-state index is 11.9. The van der Waals surface area contributed by atoms with E-state index in [9.17, 15) is 14.7 Å². The molecule has 0 fully saturated rings. The van der Waals surface area contributed by atoms with Crippen LogP contribution in [-0.4, -0.2) is 35.7 Å². The predicted molar refractivity (Wildman–Crippen MR) is 89.3 cm³/mol. The van der Waals surface area contributed by atoms with Crippen LogP contribution >= 0.6 is 0 Å². The van der Waals surface area contributed by atoms with Gasteiger partial charge in [0.05, 0.1) is 5.56 Å². The summed E-state index contributed by atoms with van der Waals surface area (Å²) < 4.78 is 10.6. The highest BCUT2D eigenvalue weighted by atomic mass is 16.6. The smallest absolute Gasteiger partial charge is 0.338 e. The third kappa shape index (κ3) is 4.93. The van der Waals surface area contributed by atoms with Gasteiger partial charge >= 0.3 is 5.97 Å². The number of rotatable bonds is 7. The van der Waals surface area contributed by atoms with Crippen molar-refractivity contribution in [2.75, 3.05) is 13.2 Å². The average molecular weight is 328 g/mol. The van der Waals surface area contributed by atoms with E-state index < -0.39 is 11.6 Å². The Balaban J connectivity index is 1.79. The Labute approximate surface area is 140 Å². The molecule has 126 valence electrons. The quantitative estimate of drug-likeness (QED) is 0.481. The maximum Gasteiger partial charge on any atom is 0.338 e. The molecule has 0 atom stereocenters. The monoisotopic (exact) mass is 328 g/mol. The van der Waals surface area contributed by atoms with Crippen LogP contribution in [0, 0.1) is 0 Å². The van der Waals surface area contributed by atoms with Gasteiger partial charge in [-0.2, -0.15) is 0 Å². The molecule has 0 radical (unpaired) electrons. The Bertz CT molecular complexity index is 684. The Kier molecular flexibility index (Phi) is 5.71. The van der Waals surface area contributed by atoms with Gasteiger partial charge < -0.3 is 14.6 Å². The van der Waals surface area contributed by atoms with E-state index in [1.54, 1.807) is 48.5 Å². The molecular formula is C19H20O5. The highest BCUT2D eigenvalue weighted by molar-refractivity contribution is 6.01. The summed E-state index contributed by atoms with van der Waals surface area (Å²) >= 11 is 0. The summed E-state index contributed by atoms with van der Waals surface area (Å²) in [6, 6.07) is 15.2. The van der Waals surface area contributed by atoms with E-state index in [0.717, 1.165) is 0 Å². The summed E-state index contributed by atoms with van der Waals surface area (Å²) in [4.78, 5) is 23.6. The molecule has 1 N–H and O–H groups in total. The second-order valence-electron chi connectivity index (χ2n) is 5.76. The molecule has 0 amide bonds. The van der Waals surface area contributed by atoms with Crippen molar-refractivity contribution in [2.45, 2.75) is 19.4 Å². The van der Waals surface area contributed by atoms with Crippen LogP contribution in [0.25, 0.3) is 0 Å². The van der Waals surface area contributed by atoms with Gasteiger partial charge in [-0.25, -0.2) is 4.79 Å². The van der Waals surface area contributed by atoms with Crippen molar-refractivity contribution in [3.63, 3.8) is 0 Å². The molecule has 0 bridgehead atoms. The Morgan fingerprint density at radius 1 is 0.917 bits per heavy atom. The zero-order valence-electron chi connectivity index (χ0n) is 13.7. The van der Waals surface area contributed by atoms with Crippen molar-refractivity contribution in [3.8, 4) is 5.75 Å². The summed E-state index contributed by atoms with van der Waals surface area (Å²) in [5, 5.41) is 9.70. The number of aliphatic hydroxyl groups is 1. The minimum absolute atomic E-state index is 0.123. The lowest BCUT2D eigenvalue weighted by atomic mass is 9.97. The number of carbonyl (C=O) groups excluding carboxylic acids is 2. The minimum Gasteiger partial charge on any atom is -0.490 e. The normalized spacial score (nSPS) is 11.0. The molecule has 0 heterocycles. The zero-order valence-corrected chi connectivity index (χ0v) is 13.7. The van der Waals surface area contributed by atoms with E-state index in [1.165, 1.54) is 13.8 Å². The number of ether oxygens (including phenoxy) is 2. The first-order chi connectivity index (χ1) is 11.4. The fourth-order valence-electron chi connectivity index (χ4n) is 2.01. The lowest BCUT2D eigenvalue weighted by Crippen LogP contribution is -2.30. The van der Waals surface area contributed by atoms with E-state index in [4.69, 9.17) is 9.47 Å². The molecule has 5 heteroatoms. The Morgan fingerprint density at radius 2 is 1.54 bits per heavy atom. The van der Waals surface area contributed by atoms with Gasteiger partial charge in [0, 0.05) is 5.56 Å². The van der Waals surface area contributed by atoms with Crippen LogP contribution in [0.4, 0.5) is 0 Å². The van der Waals surface area contributed by atoms with Crippen LogP contribution in [0.2, 0.25) is 0 Å². The van der Waals surface area contributed by atoms with Crippen molar-refractivity contribution >= 4 is 11.8 Å². The van der Waals surface area contributed by atoms with Crippen molar-refractivity contribution in [2.24, 2.45) is 0 Å². The molecule has 0 spiro atoms. The van der Waals surface area contributed by atoms with Gasteiger partial charge in [0.2, 0.25) is 0 Å². The van der Waals surface area contributed by atoms with Gasteiger partial charge in [0.15, 0.2) is 5.78 Å². The topological polar surface area (TPSA) is 72.8 Å². The number of hydrogen-bond donors (Lipinski definition) is 1. The molecular weight excluding hydrogens is 308 g/mol. The van der Waals surface area contributed by atoms with Crippen LogP contribution in [0.5, 0.6) is 5.75 Å². The number of hydrogen-bond acceptors (Lipinski definition) is 5. The predicted octanol–water partition coefficient (Wildman–Crippen LogP) is 2.88. The fourth-order valence-corrected chi connectivity index (χ4v) is 2.01. The molecule has 2 aromatic rings.